The Hall–Kier alpha value is -2.44. The molecule has 2 aromatic rings. The highest BCUT2D eigenvalue weighted by Crippen LogP contribution is 2.17. The summed E-state index contributed by atoms with van der Waals surface area (Å²) in [4.78, 5) is 35.0. The number of ether oxygens (including phenoxy) is 2. The lowest BCUT2D eigenvalue weighted by molar-refractivity contribution is 0.0474. The molecule has 0 fully saturated rings. The summed E-state index contributed by atoms with van der Waals surface area (Å²) in [5.41, 5.74) is 0.919. The normalized spacial score (nSPS) is 10.6. The molecule has 2 rings (SSSR count). The fraction of sp³-hybridized carbons (Fsp3) is 0.385. The van der Waals surface area contributed by atoms with Gasteiger partial charge in [0.15, 0.2) is 11.3 Å². The van der Waals surface area contributed by atoms with E-state index in [4.69, 9.17) is 9.47 Å². The summed E-state index contributed by atoms with van der Waals surface area (Å²) in [6.45, 7) is 5.53. The van der Waals surface area contributed by atoms with E-state index in [0.717, 1.165) is 0 Å². The lowest BCUT2D eigenvalue weighted by atomic mass is 10.2. The van der Waals surface area contributed by atoms with Gasteiger partial charge in [0.05, 0.1) is 24.3 Å². The minimum atomic E-state index is -0.668. The van der Waals surface area contributed by atoms with Gasteiger partial charge in [-0.1, -0.05) is 0 Å². The van der Waals surface area contributed by atoms with Gasteiger partial charge in [0.1, 0.15) is 5.82 Å². The Labute approximate surface area is 115 Å². The Morgan fingerprint density at radius 2 is 1.80 bits per heavy atom. The van der Waals surface area contributed by atoms with Crippen LogP contribution in [0.3, 0.4) is 0 Å². The zero-order valence-electron chi connectivity index (χ0n) is 11.5. The van der Waals surface area contributed by atoms with Crippen LogP contribution in [0.25, 0.3) is 11.2 Å². The maximum atomic E-state index is 11.9. The molecule has 1 N–H and O–H groups in total. The number of aromatic amines is 1. The molecule has 7 nitrogen and oxygen atoms in total. The smallest absolute Gasteiger partial charge is 0.357 e. The third-order valence-electron chi connectivity index (χ3n) is 2.56. The maximum Gasteiger partial charge on any atom is 0.357 e. The zero-order chi connectivity index (χ0) is 14.7. The maximum absolute atomic E-state index is 11.9. The number of fused-ring (bicyclic) bond motifs is 1. The molecule has 0 bridgehead atoms. The molecule has 0 spiro atoms. The van der Waals surface area contributed by atoms with Gasteiger partial charge in [-0.3, -0.25) is 0 Å². The molecule has 0 aromatic carbocycles. The highest BCUT2D eigenvalue weighted by atomic mass is 16.5. The van der Waals surface area contributed by atoms with Crippen molar-refractivity contribution in [3.05, 3.63) is 23.1 Å². The highest BCUT2D eigenvalue weighted by Gasteiger charge is 2.23. The number of hydrogen-bond donors (Lipinski definition) is 1. The Morgan fingerprint density at radius 1 is 1.15 bits per heavy atom. The van der Waals surface area contributed by atoms with Gasteiger partial charge in [0.2, 0.25) is 0 Å². The van der Waals surface area contributed by atoms with Crippen LogP contribution in [-0.2, 0) is 9.47 Å². The second-order valence-corrected chi connectivity index (χ2v) is 4.02. The number of carbonyl (C=O) groups excluding carboxylic acids is 2. The quantitative estimate of drug-likeness (QED) is 0.853. The summed E-state index contributed by atoms with van der Waals surface area (Å²) in [6.07, 6.45) is 0. The van der Waals surface area contributed by atoms with E-state index in [9.17, 15) is 9.59 Å². The van der Waals surface area contributed by atoms with Crippen molar-refractivity contribution >= 4 is 23.1 Å². The number of rotatable bonds is 4. The van der Waals surface area contributed by atoms with E-state index in [1.165, 1.54) is 6.07 Å². The van der Waals surface area contributed by atoms with Crippen LogP contribution in [-0.4, -0.2) is 40.1 Å². The molecule has 0 saturated heterocycles. The van der Waals surface area contributed by atoms with Crippen molar-refractivity contribution in [3.8, 4) is 0 Å². The number of hydrogen-bond acceptors (Lipinski definition) is 6. The molecule has 0 radical (unpaired) electrons. The van der Waals surface area contributed by atoms with Gasteiger partial charge in [0.25, 0.3) is 0 Å². The van der Waals surface area contributed by atoms with Crippen LogP contribution in [0.5, 0.6) is 0 Å². The molecule has 20 heavy (non-hydrogen) atoms. The summed E-state index contributed by atoms with van der Waals surface area (Å²) >= 11 is 0. The molecule has 0 aliphatic carbocycles. The van der Waals surface area contributed by atoms with Gasteiger partial charge in [-0.25, -0.2) is 19.6 Å². The molecule has 106 valence electrons. The Bertz CT molecular complexity index is 608. The number of pyridine rings is 1. The first-order chi connectivity index (χ1) is 9.56. The van der Waals surface area contributed by atoms with Crippen LogP contribution in [0.2, 0.25) is 0 Å². The summed E-state index contributed by atoms with van der Waals surface area (Å²) in [5, 5.41) is 0. The molecular weight excluding hydrogens is 262 g/mol. The fourth-order valence-electron chi connectivity index (χ4n) is 1.78. The number of imidazole rings is 1. The number of carbonyl (C=O) groups is 2. The molecule has 0 aliphatic heterocycles. The van der Waals surface area contributed by atoms with Crippen molar-refractivity contribution in [2.75, 3.05) is 13.2 Å². The molecule has 7 heteroatoms. The first kappa shape index (κ1) is 14.0. The minimum Gasteiger partial charge on any atom is -0.462 e. The lowest BCUT2D eigenvalue weighted by Gasteiger charge is -2.07. The van der Waals surface area contributed by atoms with Gasteiger partial charge in [-0.05, 0) is 26.8 Å². The van der Waals surface area contributed by atoms with Crippen LogP contribution < -0.4 is 0 Å². The predicted octanol–water partition coefficient (Wildman–Crippen LogP) is 1.62. The van der Waals surface area contributed by atoms with E-state index in [2.05, 4.69) is 15.0 Å². The second-order valence-electron chi connectivity index (χ2n) is 4.02. The molecule has 0 aliphatic rings. The Morgan fingerprint density at radius 3 is 2.45 bits per heavy atom. The number of nitrogens with zero attached hydrogens (tertiary/aromatic N) is 2. The van der Waals surface area contributed by atoms with Crippen molar-refractivity contribution in [1.29, 1.82) is 0 Å². The second kappa shape index (κ2) is 5.68. The van der Waals surface area contributed by atoms with E-state index in [1.54, 1.807) is 20.8 Å². The third-order valence-corrected chi connectivity index (χ3v) is 2.56. The number of aromatic nitrogens is 3. The summed E-state index contributed by atoms with van der Waals surface area (Å²) in [6, 6.07) is 1.51. The van der Waals surface area contributed by atoms with Crippen LogP contribution >= 0.6 is 0 Å². The monoisotopic (exact) mass is 277 g/mol. The van der Waals surface area contributed by atoms with E-state index < -0.39 is 11.9 Å². The van der Waals surface area contributed by atoms with E-state index in [1.807, 2.05) is 0 Å². The van der Waals surface area contributed by atoms with Gasteiger partial charge in [0, 0.05) is 0 Å². The Balaban J connectivity index is 2.57. The highest BCUT2D eigenvalue weighted by molar-refractivity contribution is 6.04. The lowest BCUT2D eigenvalue weighted by Crippen LogP contribution is -2.16. The average molecular weight is 277 g/mol. The topological polar surface area (TPSA) is 94.2 Å². The molecule has 0 amide bonds. The van der Waals surface area contributed by atoms with Crippen molar-refractivity contribution in [2.24, 2.45) is 0 Å². The standard InChI is InChI=1S/C13H15N3O4/c1-4-19-12(17)8-6-9-11(15-7(3)14-9)16-10(8)13(18)20-5-2/h6H,4-5H2,1-3H3,(H,14,15,16). The Kier molecular flexibility index (Phi) is 3.97. The molecule has 0 atom stereocenters. The summed E-state index contributed by atoms with van der Waals surface area (Å²) in [5.74, 6) is -0.640. The molecule has 0 saturated carbocycles. The third kappa shape index (κ3) is 2.61. The van der Waals surface area contributed by atoms with Gasteiger partial charge in [-0.2, -0.15) is 0 Å². The fourth-order valence-corrected chi connectivity index (χ4v) is 1.78. The molecular formula is C13H15N3O4. The van der Waals surface area contributed by atoms with Crippen LogP contribution in [0, 0.1) is 6.92 Å². The van der Waals surface area contributed by atoms with E-state index in [0.29, 0.717) is 17.0 Å². The predicted molar refractivity (Wildman–Crippen MR) is 70.5 cm³/mol. The first-order valence-electron chi connectivity index (χ1n) is 6.28. The number of nitrogens with one attached hydrogen (secondary N) is 1. The van der Waals surface area contributed by atoms with E-state index >= 15 is 0 Å². The SMILES string of the molecule is CCOC(=O)c1cc2[nH]c(C)nc2nc1C(=O)OCC. The van der Waals surface area contributed by atoms with Crippen molar-refractivity contribution in [3.63, 3.8) is 0 Å². The van der Waals surface area contributed by atoms with E-state index in [-0.39, 0.29) is 24.5 Å². The van der Waals surface area contributed by atoms with Crippen LogP contribution in [0.15, 0.2) is 6.07 Å². The summed E-state index contributed by atoms with van der Waals surface area (Å²) in [7, 11) is 0. The molecule has 2 aromatic heterocycles. The van der Waals surface area contributed by atoms with Crippen LogP contribution in [0.4, 0.5) is 0 Å². The minimum absolute atomic E-state index is 0.0708. The van der Waals surface area contributed by atoms with Gasteiger partial charge in [-0.15, -0.1) is 0 Å². The van der Waals surface area contributed by atoms with Crippen molar-refractivity contribution < 1.29 is 19.1 Å². The van der Waals surface area contributed by atoms with Crippen molar-refractivity contribution in [2.45, 2.75) is 20.8 Å². The summed E-state index contributed by atoms with van der Waals surface area (Å²) < 4.78 is 9.84. The number of H-pyrrole nitrogens is 1. The average Bonchev–Trinajstić information content (AvgIpc) is 2.76. The molecule has 0 unspecified atom stereocenters. The largest absolute Gasteiger partial charge is 0.462 e. The van der Waals surface area contributed by atoms with Crippen LogP contribution in [0.1, 0.15) is 40.5 Å². The number of esters is 2. The van der Waals surface area contributed by atoms with Gasteiger partial charge < -0.3 is 14.5 Å². The first-order valence-corrected chi connectivity index (χ1v) is 6.28. The van der Waals surface area contributed by atoms with Gasteiger partial charge >= 0.3 is 11.9 Å². The number of aryl methyl sites for hydroxylation is 1. The molecule has 2 heterocycles. The zero-order valence-corrected chi connectivity index (χ0v) is 11.5. The van der Waals surface area contributed by atoms with Crippen molar-refractivity contribution in [1.82, 2.24) is 15.0 Å².